The molecule has 1 aliphatic carbocycles. The molecule has 162 valence electrons. The number of piperidine rings is 1. The predicted octanol–water partition coefficient (Wildman–Crippen LogP) is 3.29. The number of hydrogen-bond acceptors (Lipinski definition) is 5. The monoisotopic (exact) mass is 432 g/mol. The van der Waals surface area contributed by atoms with Gasteiger partial charge in [0.15, 0.2) is 6.61 Å². The molecule has 1 aromatic rings. The SMILES string of the molecule is Cc1ccc2c(c1)C1CCC(CC1)O/C=C1/C(=N/S(C)(=O)=O)CCCN1C(=O)CO2. The van der Waals surface area contributed by atoms with Crippen molar-refractivity contribution >= 4 is 21.6 Å². The van der Waals surface area contributed by atoms with Crippen LogP contribution in [-0.2, 0) is 19.6 Å². The number of amides is 1. The quantitative estimate of drug-likeness (QED) is 0.680. The van der Waals surface area contributed by atoms with Crippen LogP contribution in [0, 0.1) is 6.92 Å². The molecular formula is C22H28N2O5S. The Kier molecular flexibility index (Phi) is 5.86. The summed E-state index contributed by atoms with van der Waals surface area (Å²) in [6.45, 7) is 2.43. The lowest BCUT2D eigenvalue weighted by molar-refractivity contribution is -0.131. The summed E-state index contributed by atoms with van der Waals surface area (Å²) in [5.74, 6) is 0.905. The van der Waals surface area contributed by atoms with E-state index in [1.807, 2.05) is 12.1 Å². The number of nitrogens with zero attached hydrogens (tertiary/aromatic N) is 2. The number of fused-ring (bicyclic) bond motifs is 5. The van der Waals surface area contributed by atoms with Crippen molar-refractivity contribution < 1.29 is 22.7 Å². The maximum Gasteiger partial charge on any atom is 0.265 e. The van der Waals surface area contributed by atoms with Crippen molar-refractivity contribution in [2.45, 2.75) is 57.5 Å². The zero-order valence-corrected chi connectivity index (χ0v) is 18.3. The molecule has 0 radical (unpaired) electrons. The van der Waals surface area contributed by atoms with Gasteiger partial charge in [0.2, 0.25) is 0 Å². The van der Waals surface area contributed by atoms with E-state index in [2.05, 4.69) is 17.4 Å². The fourth-order valence-corrected chi connectivity index (χ4v) is 5.08. The van der Waals surface area contributed by atoms with Crippen molar-refractivity contribution in [2.24, 2.45) is 4.40 Å². The molecule has 1 aromatic carbocycles. The minimum Gasteiger partial charge on any atom is -0.496 e. The van der Waals surface area contributed by atoms with Gasteiger partial charge in [-0.05, 0) is 63.0 Å². The summed E-state index contributed by atoms with van der Waals surface area (Å²) >= 11 is 0. The average molecular weight is 433 g/mol. The first-order valence-electron chi connectivity index (χ1n) is 10.5. The molecule has 1 amide bonds. The van der Waals surface area contributed by atoms with Crippen LogP contribution in [0.5, 0.6) is 5.75 Å². The van der Waals surface area contributed by atoms with Gasteiger partial charge in [-0.1, -0.05) is 17.7 Å². The third-order valence-electron chi connectivity index (χ3n) is 5.96. The first kappa shape index (κ1) is 20.9. The van der Waals surface area contributed by atoms with Crippen LogP contribution in [0.3, 0.4) is 0 Å². The first-order chi connectivity index (χ1) is 14.3. The van der Waals surface area contributed by atoms with Gasteiger partial charge >= 0.3 is 0 Å². The fraction of sp³-hybridized carbons (Fsp3) is 0.545. The molecule has 2 fully saturated rings. The van der Waals surface area contributed by atoms with Gasteiger partial charge in [0.25, 0.3) is 15.9 Å². The highest BCUT2D eigenvalue weighted by Crippen LogP contribution is 2.39. The summed E-state index contributed by atoms with van der Waals surface area (Å²) in [6.07, 6.45) is 7.53. The largest absolute Gasteiger partial charge is 0.496 e. The number of sulfonamides is 1. The number of ether oxygens (including phenoxy) is 2. The molecule has 0 unspecified atom stereocenters. The zero-order chi connectivity index (χ0) is 21.3. The van der Waals surface area contributed by atoms with Crippen molar-refractivity contribution in [3.05, 3.63) is 41.3 Å². The summed E-state index contributed by atoms with van der Waals surface area (Å²) in [4.78, 5) is 14.6. The molecule has 0 atom stereocenters. The van der Waals surface area contributed by atoms with E-state index >= 15 is 0 Å². The molecule has 0 N–H and O–H groups in total. The van der Waals surface area contributed by atoms with Crippen LogP contribution < -0.4 is 4.74 Å². The highest BCUT2D eigenvalue weighted by Gasteiger charge is 2.31. The van der Waals surface area contributed by atoms with Crippen LogP contribution in [0.1, 0.15) is 55.6 Å². The molecule has 1 saturated heterocycles. The van der Waals surface area contributed by atoms with Crippen LogP contribution in [-0.4, -0.2) is 50.4 Å². The molecule has 0 aromatic heterocycles. The molecule has 7 nitrogen and oxygen atoms in total. The van der Waals surface area contributed by atoms with Gasteiger partial charge in [-0.2, -0.15) is 4.40 Å². The summed E-state index contributed by atoms with van der Waals surface area (Å²) in [5.41, 5.74) is 3.14. The van der Waals surface area contributed by atoms with E-state index < -0.39 is 10.0 Å². The minimum atomic E-state index is -3.58. The first-order valence-corrected chi connectivity index (χ1v) is 12.3. The molecule has 1 saturated carbocycles. The fourth-order valence-electron chi connectivity index (χ4n) is 4.50. The molecule has 3 heterocycles. The van der Waals surface area contributed by atoms with E-state index in [0.717, 1.165) is 43.3 Å². The van der Waals surface area contributed by atoms with Gasteiger partial charge in [0, 0.05) is 6.54 Å². The molecule has 4 aliphatic rings. The normalized spacial score (nSPS) is 28.1. The van der Waals surface area contributed by atoms with E-state index in [1.54, 1.807) is 11.2 Å². The highest BCUT2D eigenvalue weighted by atomic mass is 32.2. The second kappa shape index (κ2) is 8.41. The molecule has 0 spiro atoms. The Morgan fingerprint density at radius 2 is 1.93 bits per heavy atom. The summed E-state index contributed by atoms with van der Waals surface area (Å²) in [6, 6.07) is 6.11. The lowest BCUT2D eigenvalue weighted by Gasteiger charge is -2.31. The third-order valence-corrected chi connectivity index (χ3v) is 6.51. The summed E-state index contributed by atoms with van der Waals surface area (Å²) in [5, 5.41) is 0. The third kappa shape index (κ3) is 4.69. The minimum absolute atomic E-state index is 0.0436. The highest BCUT2D eigenvalue weighted by molar-refractivity contribution is 7.89. The Balaban J connectivity index is 1.71. The van der Waals surface area contributed by atoms with Crippen molar-refractivity contribution in [3.8, 4) is 5.75 Å². The standard InChI is InChI=1S/C22H28N2O5S/c1-15-5-10-21-18(12-15)16-6-8-17(9-7-16)28-13-20-19(23-30(2,26)27)4-3-11-24(20)22(25)14-29-21/h5,10,12-13,16-17H,3-4,6-9,11,14H2,1-2H3/b20-13-,23-19+. The van der Waals surface area contributed by atoms with Crippen LogP contribution >= 0.6 is 0 Å². The Labute approximate surface area is 177 Å². The van der Waals surface area contributed by atoms with E-state index in [9.17, 15) is 13.2 Å². The van der Waals surface area contributed by atoms with Crippen molar-refractivity contribution in [1.29, 1.82) is 0 Å². The van der Waals surface area contributed by atoms with E-state index in [4.69, 9.17) is 9.47 Å². The van der Waals surface area contributed by atoms with Crippen LogP contribution in [0.25, 0.3) is 0 Å². The Hall–Kier alpha value is -2.35. The Bertz CT molecular complexity index is 991. The van der Waals surface area contributed by atoms with Crippen LogP contribution in [0.2, 0.25) is 0 Å². The van der Waals surface area contributed by atoms with Gasteiger partial charge in [0.1, 0.15) is 17.7 Å². The van der Waals surface area contributed by atoms with E-state index in [-0.39, 0.29) is 18.6 Å². The van der Waals surface area contributed by atoms with Crippen LogP contribution in [0.15, 0.2) is 34.6 Å². The predicted molar refractivity (Wildman–Crippen MR) is 114 cm³/mol. The summed E-state index contributed by atoms with van der Waals surface area (Å²) in [7, 11) is -3.58. The molecular weight excluding hydrogens is 404 g/mol. The number of allylic oxidation sites excluding steroid dienone is 1. The number of carbonyl (C=O) groups excluding carboxylic acids is 1. The second-order valence-corrected chi connectivity index (χ2v) is 10.0. The topological polar surface area (TPSA) is 85.3 Å². The van der Waals surface area contributed by atoms with E-state index in [0.29, 0.717) is 36.7 Å². The molecule has 30 heavy (non-hydrogen) atoms. The molecule has 5 rings (SSSR count). The molecule has 2 bridgehead atoms. The Morgan fingerprint density at radius 3 is 2.67 bits per heavy atom. The average Bonchev–Trinajstić information content (AvgIpc) is 2.71. The Morgan fingerprint density at radius 1 is 1.17 bits per heavy atom. The second-order valence-electron chi connectivity index (χ2n) is 8.36. The number of carbonyl (C=O) groups is 1. The van der Waals surface area contributed by atoms with Gasteiger partial charge in [0.05, 0.1) is 18.1 Å². The molecule has 8 heteroatoms. The van der Waals surface area contributed by atoms with Gasteiger partial charge in [-0.25, -0.2) is 8.42 Å². The van der Waals surface area contributed by atoms with Gasteiger partial charge in [-0.3, -0.25) is 4.79 Å². The number of benzene rings is 1. The lowest BCUT2D eigenvalue weighted by atomic mass is 9.82. The van der Waals surface area contributed by atoms with Crippen molar-refractivity contribution in [3.63, 3.8) is 0 Å². The van der Waals surface area contributed by atoms with Crippen molar-refractivity contribution in [1.82, 2.24) is 4.90 Å². The zero-order valence-electron chi connectivity index (χ0n) is 17.5. The van der Waals surface area contributed by atoms with Gasteiger partial charge < -0.3 is 14.4 Å². The van der Waals surface area contributed by atoms with Gasteiger partial charge in [-0.15, -0.1) is 0 Å². The maximum atomic E-state index is 13.0. The van der Waals surface area contributed by atoms with E-state index in [1.165, 1.54) is 5.56 Å². The number of aryl methyl sites for hydroxylation is 1. The van der Waals surface area contributed by atoms with Crippen LogP contribution in [0.4, 0.5) is 0 Å². The summed E-state index contributed by atoms with van der Waals surface area (Å²) < 4.78 is 39.5. The number of rotatable bonds is 1. The number of hydrogen-bond donors (Lipinski definition) is 0. The smallest absolute Gasteiger partial charge is 0.265 e. The molecule has 3 aliphatic heterocycles. The maximum absolute atomic E-state index is 13.0. The lowest BCUT2D eigenvalue weighted by Crippen LogP contribution is -2.41. The van der Waals surface area contributed by atoms with Crippen molar-refractivity contribution in [2.75, 3.05) is 19.4 Å².